The number of H-pyrrole nitrogens is 1. The van der Waals surface area contributed by atoms with Gasteiger partial charge < -0.3 is 16.0 Å². The molecule has 0 saturated carbocycles. The third-order valence-corrected chi connectivity index (χ3v) is 3.77. The molecule has 2 unspecified atom stereocenters. The highest BCUT2D eigenvalue weighted by atomic mass is 16.2. The Morgan fingerprint density at radius 2 is 2.15 bits per heavy atom. The van der Waals surface area contributed by atoms with Crippen LogP contribution >= 0.6 is 0 Å². The zero-order valence-corrected chi connectivity index (χ0v) is 12.1. The van der Waals surface area contributed by atoms with Gasteiger partial charge in [-0.05, 0) is 24.0 Å². The van der Waals surface area contributed by atoms with Crippen LogP contribution in [0.1, 0.15) is 25.8 Å². The van der Waals surface area contributed by atoms with Crippen molar-refractivity contribution < 1.29 is 4.79 Å². The molecule has 4 N–H and O–H groups in total. The molecule has 4 heteroatoms. The smallest absolute Gasteiger partial charge is 0.237 e. The predicted molar refractivity (Wildman–Crippen MR) is 82.4 cm³/mol. The van der Waals surface area contributed by atoms with Crippen molar-refractivity contribution in [2.24, 2.45) is 11.7 Å². The molecule has 2 atom stereocenters. The molecule has 0 aliphatic carbocycles. The number of hydrogen-bond donors (Lipinski definition) is 3. The Morgan fingerprint density at radius 1 is 1.40 bits per heavy atom. The highest BCUT2D eigenvalue weighted by Gasteiger charge is 2.16. The van der Waals surface area contributed by atoms with Gasteiger partial charge in [-0.3, -0.25) is 4.79 Å². The fourth-order valence-corrected chi connectivity index (χ4v) is 2.18. The normalized spacial score (nSPS) is 14.2. The second-order valence-electron chi connectivity index (χ2n) is 5.43. The molecule has 2 aromatic rings. The van der Waals surface area contributed by atoms with E-state index >= 15 is 0 Å². The summed E-state index contributed by atoms with van der Waals surface area (Å²) < 4.78 is 0. The van der Waals surface area contributed by atoms with E-state index in [1.807, 2.05) is 30.5 Å². The minimum Gasteiger partial charge on any atom is -0.361 e. The van der Waals surface area contributed by atoms with Crippen molar-refractivity contribution >= 4 is 16.8 Å². The van der Waals surface area contributed by atoms with Gasteiger partial charge in [0.2, 0.25) is 5.91 Å². The van der Waals surface area contributed by atoms with Gasteiger partial charge in [0.15, 0.2) is 0 Å². The Morgan fingerprint density at radius 3 is 2.90 bits per heavy atom. The molecule has 0 radical (unpaired) electrons. The van der Waals surface area contributed by atoms with Gasteiger partial charge in [-0.25, -0.2) is 0 Å². The van der Waals surface area contributed by atoms with Gasteiger partial charge in [-0.1, -0.05) is 38.5 Å². The maximum absolute atomic E-state index is 12.0. The van der Waals surface area contributed by atoms with E-state index in [2.05, 4.69) is 24.1 Å². The number of aromatic nitrogens is 1. The summed E-state index contributed by atoms with van der Waals surface area (Å²) in [5.74, 6) is 0.412. The summed E-state index contributed by atoms with van der Waals surface area (Å²) in [6.07, 6.45) is 3.54. The number of amides is 1. The van der Waals surface area contributed by atoms with E-state index < -0.39 is 6.04 Å². The van der Waals surface area contributed by atoms with Crippen molar-refractivity contribution in [3.63, 3.8) is 0 Å². The largest absolute Gasteiger partial charge is 0.361 e. The van der Waals surface area contributed by atoms with Crippen molar-refractivity contribution in [1.29, 1.82) is 0 Å². The number of aromatic amines is 1. The first kappa shape index (κ1) is 14.6. The van der Waals surface area contributed by atoms with E-state index in [0.717, 1.165) is 22.9 Å². The minimum atomic E-state index is -0.502. The second-order valence-corrected chi connectivity index (χ2v) is 5.43. The first-order valence-corrected chi connectivity index (χ1v) is 7.20. The Hall–Kier alpha value is -1.81. The third kappa shape index (κ3) is 3.39. The van der Waals surface area contributed by atoms with Crippen LogP contribution in [-0.4, -0.2) is 23.5 Å². The van der Waals surface area contributed by atoms with Gasteiger partial charge >= 0.3 is 0 Å². The highest BCUT2D eigenvalue weighted by molar-refractivity contribution is 5.86. The number of carbonyl (C=O) groups is 1. The lowest BCUT2D eigenvalue weighted by Crippen LogP contribution is -2.43. The molecule has 0 fully saturated rings. The summed E-state index contributed by atoms with van der Waals surface area (Å²) in [6, 6.07) is 7.55. The van der Waals surface area contributed by atoms with Gasteiger partial charge in [0.25, 0.3) is 0 Å². The molecule has 1 aromatic heterocycles. The standard InChI is InChI=1S/C16H23N3O/c1-3-11(2)9-19-16(20)14(17)8-12-10-18-15-7-5-4-6-13(12)15/h4-7,10-11,14,18H,3,8-9,17H2,1-2H3,(H,19,20). The molecule has 0 aliphatic heterocycles. The van der Waals surface area contributed by atoms with Crippen LogP contribution in [-0.2, 0) is 11.2 Å². The molecule has 1 heterocycles. The lowest BCUT2D eigenvalue weighted by Gasteiger charge is -2.14. The van der Waals surface area contributed by atoms with Crippen LogP contribution in [0.4, 0.5) is 0 Å². The first-order valence-electron chi connectivity index (χ1n) is 7.20. The fourth-order valence-electron chi connectivity index (χ4n) is 2.18. The summed E-state index contributed by atoms with van der Waals surface area (Å²) >= 11 is 0. The van der Waals surface area contributed by atoms with E-state index in [1.54, 1.807) is 0 Å². The molecule has 0 saturated heterocycles. The molecule has 2 rings (SSSR count). The number of hydrogen-bond acceptors (Lipinski definition) is 2. The zero-order chi connectivity index (χ0) is 14.5. The molecule has 0 spiro atoms. The Labute approximate surface area is 119 Å². The summed E-state index contributed by atoms with van der Waals surface area (Å²) in [5, 5.41) is 4.06. The van der Waals surface area contributed by atoms with Crippen molar-refractivity contribution in [2.75, 3.05) is 6.54 Å². The fraction of sp³-hybridized carbons (Fsp3) is 0.438. The monoisotopic (exact) mass is 273 g/mol. The number of nitrogens with two attached hydrogens (primary N) is 1. The predicted octanol–water partition coefficient (Wildman–Crippen LogP) is 2.20. The van der Waals surface area contributed by atoms with Gasteiger partial charge in [-0.15, -0.1) is 0 Å². The van der Waals surface area contributed by atoms with Crippen LogP contribution in [0.3, 0.4) is 0 Å². The van der Waals surface area contributed by atoms with Crippen LogP contribution in [0.2, 0.25) is 0 Å². The molecule has 20 heavy (non-hydrogen) atoms. The van der Waals surface area contributed by atoms with E-state index in [1.165, 1.54) is 0 Å². The lowest BCUT2D eigenvalue weighted by molar-refractivity contribution is -0.122. The lowest BCUT2D eigenvalue weighted by atomic mass is 10.0. The van der Waals surface area contributed by atoms with Crippen molar-refractivity contribution in [3.8, 4) is 0 Å². The number of nitrogens with one attached hydrogen (secondary N) is 2. The Balaban J connectivity index is 1.97. The van der Waals surface area contributed by atoms with E-state index in [9.17, 15) is 4.79 Å². The third-order valence-electron chi connectivity index (χ3n) is 3.77. The first-order chi connectivity index (χ1) is 9.61. The summed E-state index contributed by atoms with van der Waals surface area (Å²) in [5.41, 5.74) is 8.17. The molecule has 108 valence electrons. The molecule has 1 aromatic carbocycles. The van der Waals surface area contributed by atoms with E-state index in [4.69, 9.17) is 5.73 Å². The maximum Gasteiger partial charge on any atom is 0.237 e. The quantitative estimate of drug-likeness (QED) is 0.755. The van der Waals surface area contributed by atoms with Crippen molar-refractivity contribution in [3.05, 3.63) is 36.0 Å². The summed E-state index contributed by atoms with van der Waals surface area (Å²) in [4.78, 5) is 15.2. The van der Waals surface area contributed by atoms with Gasteiger partial charge in [0.05, 0.1) is 6.04 Å². The van der Waals surface area contributed by atoms with Crippen molar-refractivity contribution in [1.82, 2.24) is 10.3 Å². The number of fused-ring (bicyclic) bond motifs is 1. The number of carbonyl (C=O) groups excluding carboxylic acids is 1. The van der Waals surface area contributed by atoms with Crippen molar-refractivity contribution in [2.45, 2.75) is 32.7 Å². The van der Waals surface area contributed by atoms with Crippen LogP contribution < -0.4 is 11.1 Å². The Bertz CT molecular complexity index is 576. The SMILES string of the molecule is CCC(C)CNC(=O)C(N)Cc1c[nH]c2ccccc12. The highest BCUT2D eigenvalue weighted by Crippen LogP contribution is 2.18. The van der Waals surface area contributed by atoms with Gasteiger partial charge in [-0.2, -0.15) is 0 Å². The molecule has 4 nitrogen and oxygen atoms in total. The van der Waals surface area contributed by atoms with Crippen LogP contribution in [0.15, 0.2) is 30.5 Å². The molecule has 1 amide bonds. The average Bonchev–Trinajstić information content (AvgIpc) is 2.87. The molecule has 0 aliphatic rings. The average molecular weight is 273 g/mol. The Kier molecular flexibility index (Phi) is 4.79. The van der Waals surface area contributed by atoms with Crippen LogP contribution in [0.25, 0.3) is 10.9 Å². The summed E-state index contributed by atoms with van der Waals surface area (Å²) in [6.45, 7) is 4.92. The van der Waals surface area contributed by atoms with Gasteiger partial charge in [0, 0.05) is 23.6 Å². The zero-order valence-electron chi connectivity index (χ0n) is 12.1. The summed E-state index contributed by atoms with van der Waals surface area (Å²) in [7, 11) is 0. The molecular weight excluding hydrogens is 250 g/mol. The maximum atomic E-state index is 12.0. The number of rotatable bonds is 6. The molecular formula is C16H23N3O. The van der Waals surface area contributed by atoms with E-state index in [-0.39, 0.29) is 5.91 Å². The minimum absolute atomic E-state index is 0.0735. The number of para-hydroxylation sites is 1. The second kappa shape index (κ2) is 6.57. The van der Waals surface area contributed by atoms with Crippen LogP contribution in [0, 0.1) is 5.92 Å². The van der Waals surface area contributed by atoms with Crippen LogP contribution in [0.5, 0.6) is 0 Å². The number of benzene rings is 1. The van der Waals surface area contributed by atoms with Gasteiger partial charge in [0.1, 0.15) is 0 Å². The van der Waals surface area contributed by atoms with E-state index in [0.29, 0.717) is 18.9 Å². The molecule has 0 bridgehead atoms. The topological polar surface area (TPSA) is 70.9 Å².